The molecule has 0 unspecified atom stereocenters. The third kappa shape index (κ3) is 4.55. The average Bonchev–Trinajstić information content (AvgIpc) is 2.58. The summed E-state index contributed by atoms with van der Waals surface area (Å²) in [5.41, 5.74) is 7.20. The van der Waals surface area contributed by atoms with Crippen LogP contribution < -0.4 is 16.4 Å². The van der Waals surface area contributed by atoms with Gasteiger partial charge in [0.25, 0.3) is 5.91 Å². The molecule has 0 bridgehead atoms. The van der Waals surface area contributed by atoms with Gasteiger partial charge in [0.2, 0.25) is 11.8 Å². The van der Waals surface area contributed by atoms with Gasteiger partial charge in [-0.15, -0.1) is 0 Å². The van der Waals surface area contributed by atoms with Crippen LogP contribution in [0, 0.1) is 5.92 Å². The van der Waals surface area contributed by atoms with Gasteiger partial charge < -0.3 is 21.3 Å². The Morgan fingerprint density at radius 3 is 2.54 bits per heavy atom. The molecule has 7 heteroatoms. The molecule has 0 spiro atoms. The van der Waals surface area contributed by atoms with E-state index in [1.165, 1.54) is 4.90 Å². The second-order valence-corrected chi connectivity index (χ2v) is 6.26. The lowest BCUT2D eigenvalue weighted by molar-refractivity contribution is -0.124. The number of nitrogens with two attached hydrogens (primary N) is 1. The number of piperazine rings is 1. The normalized spacial score (nSPS) is 15.8. The minimum absolute atomic E-state index is 0.0757. The summed E-state index contributed by atoms with van der Waals surface area (Å²) in [6.45, 7) is 5.22. The first-order valence-corrected chi connectivity index (χ1v) is 8.06. The number of carbonyl (C=O) groups excluding carboxylic acids is 3. The molecule has 1 aliphatic rings. The molecule has 1 fully saturated rings. The Morgan fingerprint density at radius 1 is 1.29 bits per heavy atom. The molecule has 2 rings (SSSR count). The summed E-state index contributed by atoms with van der Waals surface area (Å²) in [5.74, 6) is -0.422. The van der Waals surface area contributed by atoms with Crippen LogP contribution in [0.4, 0.5) is 0 Å². The number of nitrogens with zero attached hydrogens (tertiary/aromatic N) is 1. The van der Waals surface area contributed by atoms with Gasteiger partial charge in [0.05, 0.1) is 12.6 Å². The predicted octanol–water partition coefficient (Wildman–Crippen LogP) is -0.142. The van der Waals surface area contributed by atoms with Crippen LogP contribution >= 0.6 is 0 Å². The standard InChI is InChI=1S/C17H24N4O3/c1-11(2)15(18)16(23)20-9-12-3-5-13(6-4-12)17(24)21-8-7-19-14(22)10-21/h3-6,11,15H,7-10,18H2,1-2H3,(H,19,22)(H,20,23)/t15-/m0/s1. The van der Waals surface area contributed by atoms with Crippen LogP contribution in [-0.4, -0.2) is 48.3 Å². The Morgan fingerprint density at radius 2 is 1.96 bits per heavy atom. The highest BCUT2D eigenvalue weighted by Gasteiger charge is 2.22. The summed E-state index contributed by atoms with van der Waals surface area (Å²) in [6, 6.07) is 6.46. The van der Waals surface area contributed by atoms with Crippen molar-refractivity contribution in [2.75, 3.05) is 19.6 Å². The molecule has 24 heavy (non-hydrogen) atoms. The number of hydrogen-bond donors (Lipinski definition) is 3. The van der Waals surface area contributed by atoms with E-state index in [0.717, 1.165) is 5.56 Å². The molecule has 1 heterocycles. The predicted molar refractivity (Wildman–Crippen MR) is 90.0 cm³/mol. The molecule has 3 amide bonds. The molecule has 0 saturated carbocycles. The average molecular weight is 332 g/mol. The van der Waals surface area contributed by atoms with Crippen molar-refractivity contribution < 1.29 is 14.4 Å². The van der Waals surface area contributed by atoms with Gasteiger partial charge in [-0.05, 0) is 23.6 Å². The Bertz CT molecular complexity index is 613. The Kier molecular flexibility index (Phi) is 5.92. The van der Waals surface area contributed by atoms with E-state index in [4.69, 9.17) is 5.73 Å². The van der Waals surface area contributed by atoms with E-state index in [1.807, 2.05) is 13.8 Å². The van der Waals surface area contributed by atoms with Crippen molar-refractivity contribution in [1.82, 2.24) is 15.5 Å². The first-order chi connectivity index (χ1) is 11.4. The van der Waals surface area contributed by atoms with E-state index in [-0.39, 0.29) is 30.2 Å². The summed E-state index contributed by atoms with van der Waals surface area (Å²) in [7, 11) is 0. The first-order valence-electron chi connectivity index (χ1n) is 8.06. The third-order valence-corrected chi connectivity index (χ3v) is 4.01. The van der Waals surface area contributed by atoms with Gasteiger partial charge in [0.15, 0.2) is 0 Å². The van der Waals surface area contributed by atoms with Crippen LogP contribution in [-0.2, 0) is 16.1 Å². The first kappa shape index (κ1) is 17.9. The second kappa shape index (κ2) is 7.92. The van der Waals surface area contributed by atoms with E-state index in [1.54, 1.807) is 24.3 Å². The van der Waals surface area contributed by atoms with Gasteiger partial charge in [-0.2, -0.15) is 0 Å². The summed E-state index contributed by atoms with van der Waals surface area (Å²) in [4.78, 5) is 37.1. The van der Waals surface area contributed by atoms with Gasteiger partial charge in [-0.25, -0.2) is 0 Å². The van der Waals surface area contributed by atoms with Crippen molar-refractivity contribution >= 4 is 17.7 Å². The van der Waals surface area contributed by atoms with Crippen LogP contribution in [0.1, 0.15) is 29.8 Å². The molecule has 4 N–H and O–H groups in total. The zero-order valence-electron chi connectivity index (χ0n) is 14.0. The molecule has 130 valence electrons. The quantitative estimate of drug-likeness (QED) is 0.698. The van der Waals surface area contributed by atoms with E-state index in [0.29, 0.717) is 25.2 Å². The van der Waals surface area contributed by atoms with E-state index >= 15 is 0 Å². The molecule has 0 aliphatic carbocycles. The van der Waals surface area contributed by atoms with Gasteiger partial charge in [-0.1, -0.05) is 26.0 Å². The molecular formula is C17H24N4O3. The fourth-order valence-corrected chi connectivity index (χ4v) is 2.37. The zero-order chi connectivity index (χ0) is 17.7. The molecule has 1 aliphatic heterocycles. The van der Waals surface area contributed by atoms with Gasteiger partial charge in [-0.3, -0.25) is 14.4 Å². The van der Waals surface area contributed by atoms with E-state index in [9.17, 15) is 14.4 Å². The summed E-state index contributed by atoms with van der Waals surface area (Å²) in [6.07, 6.45) is 0. The summed E-state index contributed by atoms with van der Waals surface area (Å²) >= 11 is 0. The number of nitrogens with one attached hydrogen (secondary N) is 2. The lowest BCUT2D eigenvalue weighted by atomic mass is 10.0. The van der Waals surface area contributed by atoms with Gasteiger partial charge >= 0.3 is 0 Å². The van der Waals surface area contributed by atoms with Gasteiger partial charge in [0, 0.05) is 25.2 Å². The van der Waals surface area contributed by atoms with Crippen LogP contribution in [0.25, 0.3) is 0 Å². The number of hydrogen-bond acceptors (Lipinski definition) is 4. The molecule has 1 aromatic rings. The zero-order valence-corrected chi connectivity index (χ0v) is 14.0. The highest BCUT2D eigenvalue weighted by molar-refractivity contribution is 5.97. The van der Waals surface area contributed by atoms with Gasteiger partial charge in [0.1, 0.15) is 0 Å². The topological polar surface area (TPSA) is 105 Å². The minimum Gasteiger partial charge on any atom is -0.353 e. The number of rotatable bonds is 5. The van der Waals surface area contributed by atoms with Crippen molar-refractivity contribution in [2.24, 2.45) is 11.7 Å². The number of amides is 3. The summed E-state index contributed by atoms with van der Waals surface area (Å²) in [5, 5.41) is 5.47. The SMILES string of the molecule is CC(C)[C@H](N)C(=O)NCc1ccc(C(=O)N2CCNC(=O)C2)cc1. The molecule has 0 aromatic heterocycles. The Hall–Kier alpha value is -2.41. The number of carbonyl (C=O) groups is 3. The molecule has 1 saturated heterocycles. The highest BCUT2D eigenvalue weighted by Crippen LogP contribution is 2.09. The Balaban J connectivity index is 1.92. The van der Waals surface area contributed by atoms with Crippen LogP contribution in [0.5, 0.6) is 0 Å². The lowest BCUT2D eigenvalue weighted by Gasteiger charge is -2.26. The maximum atomic E-state index is 12.3. The van der Waals surface area contributed by atoms with E-state index in [2.05, 4.69) is 10.6 Å². The smallest absolute Gasteiger partial charge is 0.254 e. The maximum Gasteiger partial charge on any atom is 0.254 e. The highest BCUT2D eigenvalue weighted by atomic mass is 16.2. The fourth-order valence-electron chi connectivity index (χ4n) is 2.37. The minimum atomic E-state index is -0.531. The Labute approximate surface area is 141 Å². The second-order valence-electron chi connectivity index (χ2n) is 6.26. The lowest BCUT2D eigenvalue weighted by Crippen LogP contribution is -2.49. The maximum absolute atomic E-state index is 12.3. The molecular weight excluding hydrogens is 308 g/mol. The van der Waals surface area contributed by atoms with Crippen molar-refractivity contribution in [3.8, 4) is 0 Å². The molecule has 0 radical (unpaired) electrons. The van der Waals surface area contributed by atoms with Crippen molar-refractivity contribution in [3.63, 3.8) is 0 Å². The van der Waals surface area contributed by atoms with Crippen LogP contribution in [0.3, 0.4) is 0 Å². The summed E-state index contributed by atoms with van der Waals surface area (Å²) < 4.78 is 0. The third-order valence-electron chi connectivity index (χ3n) is 4.01. The fraction of sp³-hybridized carbons (Fsp3) is 0.471. The van der Waals surface area contributed by atoms with Crippen LogP contribution in [0.15, 0.2) is 24.3 Å². The largest absolute Gasteiger partial charge is 0.353 e. The molecule has 1 atom stereocenters. The van der Waals surface area contributed by atoms with Crippen LogP contribution in [0.2, 0.25) is 0 Å². The van der Waals surface area contributed by atoms with Crippen molar-refractivity contribution in [2.45, 2.75) is 26.4 Å². The van der Waals surface area contributed by atoms with Crippen molar-refractivity contribution in [1.29, 1.82) is 0 Å². The monoisotopic (exact) mass is 332 g/mol. The molecule has 7 nitrogen and oxygen atoms in total. The molecule has 1 aromatic carbocycles. The van der Waals surface area contributed by atoms with E-state index < -0.39 is 6.04 Å². The van der Waals surface area contributed by atoms with Crippen molar-refractivity contribution in [3.05, 3.63) is 35.4 Å². The number of benzene rings is 1.